The lowest BCUT2D eigenvalue weighted by atomic mass is 10.1. The predicted molar refractivity (Wildman–Crippen MR) is 76.7 cm³/mol. The van der Waals surface area contributed by atoms with Crippen LogP contribution in [0.15, 0.2) is 41.1 Å². The first kappa shape index (κ1) is 11.8. The monoisotopic (exact) mass is 277 g/mol. The van der Waals surface area contributed by atoms with E-state index < -0.39 is 0 Å². The van der Waals surface area contributed by atoms with Crippen molar-refractivity contribution < 1.29 is 4.39 Å². The fraction of sp³-hybridized carbons (Fsp3) is 0.143. The molecule has 0 amide bonds. The summed E-state index contributed by atoms with van der Waals surface area (Å²) in [6.07, 6.45) is 0.832. The fourth-order valence-electron chi connectivity index (χ4n) is 1.98. The van der Waals surface area contributed by atoms with Gasteiger partial charge in [0.05, 0.1) is 0 Å². The quantitative estimate of drug-likeness (QED) is 0.757. The molecule has 0 radical (unpaired) electrons. The van der Waals surface area contributed by atoms with Gasteiger partial charge in [-0.05, 0) is 58.5 Å². The molecule has 3 aromatic rings. The van der Waals surface area contributed by atoms with Gasteiger partial charge in [-0.15, -0.1) is 11.3 Å². The molecular formula is C14H12FNS2. The second-order valence-electron chi connectivity index (χ2n) is 4.27. The van der Waals surface area contributed by atoms with Crippen LogP contribution < -0.4 is 5.73 Å². The zero-order valence-corrected chi connectivity index (χ0v) is 11.2. The molecule has 2 heterocycles. The summed E-state index contributed by atoms with van der Waals surface area (Å²) in [5.74, 6) is -0.196. The third-order valence-corrected chi connectivity index (χ3v) is 4.88. The highest BCUT2D eigenvalue weighted by molar-refractivity contribution is 7.19. The van der Waals surface area contributed by atoms with Crippen LogP contribution in [0.25, 0.3) is 10.1 Å². The molecule has 0 aliphatic heterocycles. The first-order chi connectivity index (χ1) is 8.72. The Morgan fingerprint density at radius 1 is 1.22 bits per heavy atom. The Morgan fingerprint density at radius 2 is 2.11 bits per heavy atom. The molecule has 0 saturated heterocycles. The van der Waals surface area contributed by atoms with Crippen molar-refractivity contribution in [2.75, 3.05) is 0 Å². The third-order valence-electron chi connectivity index (χ3n) is 2.90. The molecular weight excluding hydrogens is 265 g/mol. The molecule has 0 bridgehead atoms. The number of fused-ring (bicyclic) bond motifs is 1. The predicted octanol–water partition coefficient (Wildman–Crippen LogP) is 4.34. The highest BCUT2D eigenvalue weighted by atomic mass is 32.1. The highest BCUT2D eigenvalue weighted by Crippen LogP contribution is 2.31. The van der Waals surface area contributed by atoms with Crippen LogP contribution in [0.5, 0.6) is 0 Å². The van der Waals surface area contributed by atoms with E-state index in [0.717, 1.165) is 21.4 Å². The van der Waals surface area contributed by atoms with Crippen molar-refractivity contribution in [3.8, 4) is 0 Å². The topological polar surface area (TPSA) is 26.0 Å². The van der Waals surface area contributed by atoms with Gasteiger partial charge in [0.15, 0.2) is 0 Å². The van der Waals surface area contributed by atoms with Gasteiger partial charge in [0.25, 0.3) is 0 Å². The maximum Gasteiger partial charge on any atom is 0.123 e. The van der Waals surface area contributed by atoms with Gasteiger partial charge in [0, 0.05) is 15.6 Å². The number of rotatable bonds is 3. The molecule has 0 aliphatic carbocycles. The van der Waals surface area contributed by atoms with E-state index in [-0.39, 0.29) is 11.9 Å². The molecule has 2 aromatic heterocycles. The van der Waals surface area contributed by atoms with E-state index in [4.69, 9.17) is 5.73 Å². The second kappa shape index (κ2) is 4.80. The van der Waals surface area contributed by atoms with E-state index in [1.165, 1.54) is 11.6 Å². The van der Waals surface area contributed by atoms with Crippen LogP contribution in [0.4, 0.5) is 4.39 Å². The molecule has 2 N–H and O–H groups in total. The SMILES string of the molecule is NC(Cc1ccsc1)c1cc2cc(F)ccc2s1. The minimum Gasteiger partial charge on any atom is -0.323 e. The van der Waals surface area contributed by atoms with Crippen LogP contribution in [-0.4, -0.2) is 0 Å². The van der Waals surface area contributed by atoms with Crippen molar-refractivity contribution in [2.24, 2.45) is 5.73 Å². The Balaban J connectivity index is 1.89. The molecule has 1 aromatic carbocycles. The normalized spacial score (nSPS) is 13.0. The van der Waals surface area contributed by atoms with Gasteiger partial charge in [-0.3, -0.25) is 0 Å². The van der Waals surface area contributed by atoms with E-state index in [1.807, 2.05) is 12.1 Å². The molecule has 0 spiro atoms. The minimum absolute atomic E-state index is 0.0138. The zero-order valence-electron chi connectivity index (χ0n) is 9.60. The van der Waals surface area contributed by atoms with Crippen LogP contribution in [-0.2, 0) is 6.42 Å². The molecule has 0 fully saturated rings. The molecule has 1 unspecified atom stereocenters. The Bertz CT molecular complexity index is 658. The van der Waals surface area contributed by atoms with E-state index >= 15 is 0 Å². The molecule has 1 atom stereocenters. The van der Waals surface area contributed by atoms with E-state index in [9.17, 15) is 4.39 Å². The summed E-state index contributed by atoms with van der Waals surface area (Å²) in [6.45, 7) is 0. The summed E-state index contributed by atoms with van der Waals surface area (Å²) in [6, 6.07) is 8.95. The van der Waals surface area contributed by atoms with Gasteiger partial charge >= 0.3 is 0 Å². The number of thiophene rings is 2. The van der Waals surface area contributed by atoms with E-state index in [2.05, 4.69) is 16.8 Å². The minimum atomic E-state index is -0.196. The van der Waals surface area contributed by atoms with Crippen LogP contribution in [0.2, 0.25) is 0 Å². The van der Waals surface area contributed by atoms with Crippen molar-refractivity contribution in [2.45, 2.75) is 12.5 Å². The van der Waals surface area contributed by atoms with Gasteiger partial charge in [-0.2, -0.15) is 11.3 Å². The summed E-state index contributed by atoms with van der Waals surface area (Å²) >= 11 is 3.33. The molecule has 92 valence electrons. The second-order valence-corrected chi connectivity index (χ2v) is 6.17. The summed E-state index contributed by atoms with van der Waals surface area (Å²) < 4.78 is 14.2. The van der Waals surface area contributed by atoms with Crippen molar-refractivity contribution in [1.82, 2.24) is 0 Å². The number of hydrogen-bond acceptors (Lipinski definition) is 3. The lowest BCUT2D eigenvalue weighted by Crippen LogP contribution is -2.11. The first-order valence-electron chi connectivity index (χ1n) is 5.68. The largest absolute Gasteiger partial charge is 0.323 e. The van der Waals surface area contributed by atoms with Crippen LogP contribution in [0.1, 0.15) is 16.5 Å². The van der Waals surface area contributed by atoms with Crippen molar-refractivity contribution >= 4 is 32.8 Å². The number of benzene rings is 1. The van der Waals surface area contributed by atoms with Crippen molar-refractivity contribution in [3.05, 3.63) is 57.3 Å². The smallest absolute Gasteiger partial charge is 0.123 e. The Hall–Kier alpha value is -1.23. The highest BCUT2D eigenvalue weighted by Gasteiger charge is 2.11. The Morgan fingerprint density at radius 3 is 2.89 bits per heavy atom. The Kier molecular flexibility index (Phi) is 3.16. The van der Waals surface area contributed by atoms with Crippen LogP contribution in [0, 0.1) is 5.82 Å². The summed E-state index contributed by atoms with van der Waals surface area (Å²) in [5, 5.41) is 5.12. The molecule has 0 aliphatic rings. The molecule has 3 rings (SSSR count). The first-order valence-corrected chi connectivity index (χ1v) is 7.44. The lowest BCUT2D eigenvalue weighted by molar-refractivity contribution is 0.630. The fourth-order valence-corrected chi connectivity index (χ4v) is 3.71. The van der Waals surface area contributed by atoms with Crippen molar-refractivity contribution in [1.29, 1.82) is 0 Å². The summed E-state index contributed by atoms with van der Waals surface area (Å²) in [7, 11) is 0. The molecule has 0 saturated carbocycles. The number of hydrogen-bond donors (Lipinski definition) is 1. The summed E-state index contributed by atoms with van der Waals surface area (Å²) in [4.78, 5) is 1.11. The van der Waals surface area contributed by atoms with E-state index in [1.54, 1.807) is 28.7 Å². The maximum absolute atomic E-state index is 13.1. The maximum atomic E-state index is 13.1. The average molecular weight is 277 g/mol. The number of nitrogens with two attached hydrogens (primary N) is 1. The lowest BCUT2D eigenvalue weighted by Gasteiger charge is -2.07. The van der Waals surface area contributed by atoms with Gasteiger partial charge in [0.2, 0.25) is 0 Å². The number of halogens is 1. The molecule has 1 nitrogen and oxygen atoms in total. The zero-order chi connectivity index (χ0) is 12.5. The van der Waals surface area contributed by atoms with Gasteiger partial charge in [-0.25, -0.2) is 4.39 Å². The van der Waals surface area contributed by atoms with Gasteiger partial charge < -0.3 is 5.73 Å². The third kappa shape index (κ3) is 2.32. The molecule has 18 heavy (non-hydrogen) atoms. The Labute approximate surface area is 113 Å². The average Bonchev–Trinajstić information content (AvgIpc) is 2.96. The van der Waals surface area contributed by atoms with Crippen LogP contribution >= 0.6 is 22.7 Å². The van der Waals surface area contributed by atoms with Crippen LogP contribution in [0.3, 0.4) is 0 Å². The van der Waals surface area contributed by atoms with Crippen molar-refractivity contribution in [3.63, 3.8) is 0 Å². The molecule has 4 heteroatoms. The van der Waals surface area contributed by atoms with E-state index in [0.29, 0.717) is 0 Å². The summed E-state index contributed by atoms with van der Waals surface area (Å²) in [5.41, 5.74) is 7.47. The van der Waals surface area contributed by atoms with Gasteiger partial charge in [-0.1, -0.05) is 0 Å². The standard InChI is InChI=1S/C14H12FNS2/c15-11-1-2-13-10(6-11)7-14(18-13)12(16)5-9-3-4-17-8-9/h1-4,6-8,12H,5,16H2. The van der Waals surface area contributed by atoms with Gasteiger partial charge in [0.1, 0.15) is 5.82 Å².